The second kappa shape index (κ2) is 5.96. The van der Waals surface area contributed by atoms with Crippen LogP contribution in [0.15, 0.2) is 28.8 Å². The minimum absolute atomic E-state index is 0.456. The van der Waals surface area contributed by atoms with Crippen molar-refractivity contribution in [3.05, 3.63) is 34.5 Å². The van der Waals surface area contributed by atoms with Crippen LogP contribution in [-0.4, -0.2) is 24.6 Å². The molecule has 0 amide bonds. The minimum Gasteiger partial charge on any atom is -0.398 e. The monoisotopic (exact) mass is 328 g/mol. The quantitative estimate of drug-likeness (QED) is 0.574. The molecule has 2 nitrogen and oxygen atoms in total. The van der Waals surface area contributed by atoms with E-state index in [2.05, 4.69) is 0 Å². The predicted molar refractivity (Wildman–Crippen MR) is 88.4 cm³/mol. The third-order valence-corrected chi connectivity index (χ3v) is 4.84. The van der Waals surface area contributed by atoms with Gasteiger partial charge in [0.05, 0.1) is 11.2 Å². The fourth-order valence-electron chi connectivity index (χ4n) is 1.97. The lowest BCUT2D eigenvalue weighted by Gasteiger charge is -2.32. The van der Waals surface area contributed by atoms with Gasteiger partial charge in [-0.25, -0.2) is 4.39 Å². The summed E-state index contributed by atoms with van der Waals surface area (Å²) in [7, 11) is -0.980. The molecule has 21 heavy (non-hydrogen) atoms. The third kappa shape index (κ3) is 3.65. The van der Waals surface area contributed by atoms with E-state index in [-0.39, 0.29) is 0 Å². The molecule has 1 fully saturated rings. The summed E-state index contributed by atoms with van der Waals surface area (Å²) in [6.45, 7) is 7.58. The van der Waals surface area contributed by atoms with Gasteiger partial charge >= 0.3 is 7.12 Å². The van der Waals surface area contributed by atoms with Gasteiger partial charge < -0.3 is 9.31 Å². The van der Waals surface area contributed by atoms with E-state index in [1.165, 1.54) is 6.08 Å². The van der Waals surface area contributed by atoms with Crippen LogP contribution in [0.5, 0.6) is 0 Å². The van der Waals surface area contributed by atoms with E-state index in [0.717, 1.165) is 4.90 Å². The zero-order valence-corrected chi connectivity index (χ0v) is 14.4. The van der Waals surface area contributed by atoms with Crippen molar-refractivity contribution in [3.8, 4) is 0 Å². The predicted octanol–water partition coefficient (Wildman–Crippen LogP) is 5.00. The van der Waals surface area contributed by atoms with Gasteiger partial charge in [0.15, 0.2) is 0 Å². The van der Waals surface area contributed by atoms with Crippen LogP contribution in [0.4, 0.5) is 4.39 Å². The van der Waals surface area contributed by atoms with Crippen molar-refractivity contribution >= 4 is 36.6 Å². The summed E-state index contributed by atoms with van der Waals surface area (Å²) in [4.78, 5) is 0.982. The van der Waals surface area contributed by atoms with Gasteiger partial charge in [-0.3, -0.25) is 0 Å². The molecule has 1 aliphatic rings. The van der Waals surface area contributed by atoms with E-state index in [9.17, 15) is 4.39 Å². The van der Waals surface area contributed by atoms with E-state index >= 15 is 0 Å². The topological polar surface area (TPSA) is 18.5 Å². The van der Waals surface area contributed by atoms with E-state index in [1.54, 1.807) is 17.8 Å². The molecule has 0 radical (unpaired) electrons. The van der Waals surface area contributed by atoms with Crippen LogP contribution < -0.4 is 0 Å². The van der Waals surface area contributed by atoms with Crippen molar-refractivity contribution < 1.29 is 13.7 Å². The lowest BCUT2D eigenvalue weighted by atomic mass is 9.87. The van der Waals surface area contributed by atoms with Gasteiger partial charge in [-0.05, 0) is 63.8 Å². The molecule has 0 N–H and O–H groups in total. The molecule has 0 spiro atoms. The van der Waals surface area contributed by atoms with Crippen molar-refractivity contribution in [1.82, 2.24) is 0 Å². The average Bonchev–Trinajstić information content (AvgIpc) is 2.57. The molecule has 1 aliphatic heterocycles. The molecule has 0 unspecified atom stereocenters. The molecule has 114 valence electrons. The molecule has 0 aromatic heterocycles. The number of halogens is 2. The highest BCUT2D eigenvalue weighted by Gasteiger charge is 2.53. The van der Waals surface area contributed by atoms with Gasteiger partial charge in [-0.2, -0.15) is 0 Å². The Bertz CT molecular complexity index is 559. The summed E-state index contributed by atoms with van der Waals surface area (Å²) in [5, 5.41) is 0.579. The molecular weight excluding hydrogens is 309 g/mol. The Morgan fingerprint density at radius 3 is 2.29 bits per heavy atom. The van der Waals surface area contributed by atoms with Crippen molar-refractivity contribution in [3.63, 3.8) is 0 Å². The number of rotatable bonds is 3. The van der Waals surface area contributed by atoms with Crippen LogP contribution in [0.25, 0.3) is 6.08 Å². The zero-order valence-electron chi connectivity index (χ0n) is 12.9. The first-order chi connectivity index (χ1) is 9.64. The van der Waals surface area contributed by atoms with Crippen LogP contribution in [0, 0.1) is 0 Å². The van der Waals surface area contributed by atoms with Gasteiger partial charge in [-0.1, -0.05) is 11.6 Å². The summed E-state index contributed by atoms with van der Waals surface area (Å²) in [6.07, 6.45) is 3.36. The molecule has 6 heteroatoms. The summed E-state index contributed by atoms with van der Waals surface area (Å²) in [6, 6.07) is 5.43. The highest BCUT2D eigenvalue weighted by molar-refractivity contribution is 7.98. The maximum atomic E-state index is 14.4. The van der Waals surface area contributed by atoms with Gasteiger partial charge in [0.25, 0.3) is 0 Å². The molecule has 1 heterocycles. The van der Waals surface area contributed by atoms with Crippen LogP contribution in [0.2, 0.25) is 5.02 Å². The van der Waals surface area contributed by atoms with Crippen LogP contribution in [0.1, 0.15) is 33.3 Å². The lowest BCUT2D eigenvalue weighted by molar-refractivity contribution is 0.00578. The maximum Gasteiger partial charge on any atom is 0.525 e. The standard InChI is InChI=1S/C15H19BClFO2S/c1-14(2)15(3,4)20-16(19-14)13(18)8-10-6-11(17)9-12(7-10)21-5/h6-9H,1-5H3. The largest absolute Gasteiger partial charge is 0.525 e. The minimum atomic E-state index is -0.980. The Kier molecular flexibility index (Phi) is 4.79. The zero-order chi connectivity index (χ0) is 15.8. The molecule has 0 aliphatic carbocycles. The Hall–Kier alpha value is -0.485. The maximum absolute atomic E-state index is 14.4. The molecule has 0 saturated carbocycles. The van der Waals surface area contributed by atoms with Crippen molar-refractivity contribution in [2.45, 2.75) is 43.8 Å². The summed E-state index contributed by atoms with van der Waals surface area (Å²) >= 11 is 7.59. The molecule has 0 atom stereocenters. The van der Waals surface area contributed by atoms with Crippen molar-refractivity contribution in [2.75, 3.05) is 6.26 Å². The fourth-order valence-corrected chi connectivity index (χ4v) is 2.78. The van der Waals surface area contributed by atoms with Gasteiger partial charge in [-0.15, -0.1) is 11.8 Å². The summed E-state index contributed by atoms with van der Waals surface area (Å²) < 4.78 is 25.8. The highest BCUT2D eigenvalue weighted by atomic mass is 35.5. The van der Waals surface area contributed by atoms with Crippen LogP contribution in [-0.2, 0) is 9.31 Å². The number of hydrogen-bond acceptors (Lipinski definition) is 3. The van der Waals surface area contributed by atoms with E-state index in [1.807, 2.05) is 46.1 Å². The fraction of sp³-hybridized carbons (Fsp3) is 0.467. The first kappa shape index (κ1) is 16.9. The molecule has 1 aromatic rings. The average molecular weight is 329 g/mol. The Morgan fingerprint density at radius 2 is 1.76 bits per heavy atom. The number of benzene rings is 1. The van der Waals surface area contributed by atoms with Crippen LogP contribution >= 0.6 is 23.4 Å². The van der Waals surface area contributed by atoms with Crippen LogP contribution in [0.3, 0.4) is 0 Å². The Balaban J connectivity index is 2.25. The SMILES string of the molecule is CSc1cc(Cl)cc(C=C(F)B2OC(C)(C)C(C)(C)O2)c1. The van der Waals surface area contributed by atoms with E-state index in [4.69, 9.17) is 20.9 Å². The molecule has 1 saturated heterocycles. The van der Waals surface area contributed by atoms with E-state index in [0.29, 0.717) is 10.6 Å². The Morgan fingerprint density at radius 1 is 1.19 bits per heavy atom. The summed E-state index contributed by atoms with van der Waals surface area (Å²) in [5.74, 6) is 0. The Labute approximate surface area is 135 Å². The molecule has 2 rings (SSSR count). The summed E-state index contributed by atoms with van der Waals surface area (Å²) in [5.41, 5.74) is -0.870. The van der Waals surface area contributed by atoms with Crippen molar-refractivity contribution in [2.24, 2.45) is 0 Å². The third-order valence-electron chi connectivity index (χ3n) is 3.91. The number of thioether (sulfide) groups is 1. The smallest absolute Gasteiger partial charge is 0.398 e. The normalized spacial score (nSPS) is 20.9. The first-order valence-corrected chi connectivity index (χ1v) is 8.32. The number of hydrogen-bond donors (Lipinski definition) is 0. The van der Waals surface area contributed by atoms with Gasteiger partial charge in [0, 0.05) is 9.92 Å². The highest BCUT2D eigenvalue weighted by Crippen LogP contribution is 2.39. The molecular formula is C15H19BClFO2S. The second-order valence-electron chi connectivity index (χ2n) is 6.04. The lowest BCUT2D eigenvalue weighted by Crippen LogP contribution is -2.41. The van der Waals surface area contributed by atoms with Gasteiger partial charge in [0.1, 0.15) is 5.73 Å². The van der Waals surface area contributed by atoms with E-state index < -0.39 is 24.0 Å². The van der Waals surface area contributed by atoms with Crippen molar-refractivity contribution in [1.29, 1.82) is 0 Å². The molecule has 1 aromatic carbocycles. The molecule has 0 bridgehead atoms. The van der Waals surface area contributed by atoms with Gasteiger partial charge in [0.2, 0.25) is 0 Å². The first-order valence-electron chi connectivity index (χ1n) is 6.72. The second-order valence-corrected chi connectivity index (χ2v) is 7.36.